The summed E-state index contributed by atoms with van der Waals surface area (Å²) in [6.45, 7) is 5.58. The van der Waals surface area contributed by atoms with E-state index in [1.165, 1.54) is 6.92 Å². The van der Waals surface area contributed by atoms with Crippen molar-refractivity contribution in [2.75, 3.05) is 0 Å². The molecular weight excluding hydrogens is 212 g/mol. The first-order valence-electron chi connectivity index (χ1n) is 4.92. The Morgan fingerprint density at radius 1 is 1.47 bits per heavy atom. The van der Waals surface area contributed by atoms with Gasteiger partial charge >= 0.3 is 0 Å². The lowest BCUT2D eigenvalue weighted by molar-refractivity contribution is -0.116. The number of carbonyl (C=O) groups excluding carboxylic acids is 1. The van der Waals surface area contributed by atoms with Crippen LogP contribution in [0.15, 0.2) is 12.1 Å². The summed E-state index contributed by atoms with van der Waals surface area (Å²) in [6.07, 6.45) is 0.228. The summed E-state index contributed by atoms with van der Waals surface area (Å²) in [5, 5.41) is 9.99. The minimum atomic E-state index is 0.0160. The molecule has 0 aliphatic rings. The van der Waals surface area contributed by atoms with E-state index < -0.39 is 0 Å². The van der Waals surface area contributed by atoms with Gasteiger partial charge in [0.2, 0.25) is 0 Å². The first-order valence-corrected chi connectivity index (χ1v) is 5.30. The van der Waals surface area contributed by atoms with E-state index >= 15 is 0 Å². The van der Waals surface area contributed by atoms with E-state index in [2.05, 4.69) is 0 Å². The van der Waals surface area contributed by atoms with Gasteiger partial charge in [-0.2, -0.15) is 0 Å². The number of carbonyl (C=O) groups is 1. The van der Waals surface area contributed by atoms with Crippen LogP contribution in [-0.2, 0) is 11.2 Å². The molecule has 15 heavy (non-hydrogen) atoms. The summed E-state index contributed by atoms with van der Waals surface area (Å²) in [6, 6.07) is 3.58. The highest BCUT2D eigenvalue weighted by atomic mass is 35.5. The van der Waals surface area contributed by atoms with Crippen molar-refractivity contribution in [2.45, 2.75) is 33.1 Å². The molecule has 0 spiro atoms. The Morgan fingerprint density at radius 3 is 2.53 bits per heavy atom. The first kappa shape index (κ1) is 12.1. The van der Waals surface area contributed by atoms with Crippen LogP contribution in [0.3, 0.4) is 0 Å². The number of hydrogen-bond donors (Lipinski definition) is 1. The lowest BCUT2D eigenvalue weighted by Crippen LogP contribution is -1.99. The number of aromatic hydroxyl groups is 1. The van der Waals surface area contributed by atoms with E-state index in [4.69, 9.17) is 11.6 Å². The maximum absolute atomic E-state index is 11.0. The summed E-state index contributed by atoms with van der Waals surface area (Å²) in [5.41, 5.74) is 1.65. The van der Waals surface area contributed by atoms with E-state index in [-0.39, 0.29) is 18.0 Å². The molecule has 0 radical (unpaired) electrons. The number of benzene rings is 1. The molecule has 0 atom stereocenters. The second-order valence-electron chi connectivity index (χ2n) is 4.04. The number of phenols is 1. The fraction of sp³-hybridized carbons (Fsp3) is 0.417. The molecule has 1 rings (SSSR count). The van der Waals surface area contributed by atoms with Gasteiger partial charge in [0.25, 0.3) is 0 Å². The number of phenolic OH excluding ortho intramolecular Hbond substituents is 1. The third kappa shape index (κ3) is 2.96. The third-order valence-corrected chi connectivity index (χ3v) is 2.56. The van der Waals surface area contributed by atoms with Crippen molar-refractivity contribution in [3.63, 3.8) is 0 Å². The normalized spacial score (nSPS) is 10.7. The van der Waals surface area contributed by atoms with Gasteiger partial charge in [-0.05, 0) is 24.5 Å². The minimum Gasteiger partial charge on any atom is -0.506 e. The summed E-state index contributed by atoms with van der Waals surface area (Å²) < 4.78 is 0. The maximum Gasteiger partial charge on any atom is 0.137 e. The Kier molecular flexibility index (Phi) is 3.75. The van der Waals surface area contributed by atoms with E-state index in [1.807, 2.05) is 19.9 Å². The van der Waals surface area contributed by atoms with Gasteiger partial charge in [0.15, 0.2) is 0 Å². The van der Waals surface area contributed by atoms with E-state index in [0.29, 0.717) is 16.5 Å². The van der Waals surface area contributed by atoms with Gasteiger partial charge in [-0.1, -0.05) is 31.5 Å². The molecule has 0 saturated carbocycles. The Bertz CT molecular complexity index is 383. The van der Waals surface area contributed by atoms with Crippen LogP contribution >= 0.6 is 11.6 Å². The largest absolute Gasteiger partial charge is 0.506 e. The molecule has 0 saturated heterocycles. The maximum atomic E-state index is 11.0. The fourth-order valence-corrected chi connectivity index (χ4v) is 1.66. The van der Waals surface area contributed by atoms with Crippen LogP contribution in [0.5, 0.6) is 5.75 Å². The third-order valence-electron chi connectivity index (χ3n) is 2.27. The van der Waals surface area contributed by atoms with Crippen LogP contribution in [0.4, 0.5) is 0 Å². The Labute approximate surface area is 94.9 Å². The molecule has 0 fully saturated rings. The topological polar surface area (TPSA) is 37.3 Å². The molecular formula is C12H15ClO2. The van der Waals surface area contributed by atoms with Crippen molar-refractivity contribution in [1.29, 1.82) is 0 Å². The van der Waals surface area contributed by atoms with Gasteiger partial charge < -0.3 is 5.11 Å². The predicted octanol–water partition coefficient (Wildman–Crippen LogP) is 3.30. The van der Waals surface area contributed by atoms with E-state index in [0.717, 1.165) is 5.56 Å². The zero-order valence-corrected chi connectivity index (χ0v) is 9.93. The van der Waals surface area contributed by atoms with Gasteiger partial charge in [0.05, 0.1) is 5.02 Å². The van der Waals surface area contributed by atoms with Gasteiger partial charge in [-0.3, -0.25) is 4.79 Å². The second-order valence-corrected chi connectivity index (χ2v) is 4.45. The van der Waals surface area contributed by atoms with Gasteiger partial charge in [-0.15, -0.1) is 0 Å². The number of hydrogen-bond acceptors (Lipinski definition) is 2. The molecule has 0 unspecified atom stereocenters. The van der Waals surface area contributed by atoms with Crippen LogP contribution < -0.4 is 0 Å². The molecule has 0 amide bonds. The van der Waals surface area contributed by atoms with Crippen molar-refractivity contribution in [3.05, 3.63) is 28.3 Å². The molecule has 0 aliphatic heterocycles. The van der Waals surface area contributed by atoms with Crippen LogP contribution in [0, 0.1) is 0 Å². The molecule has 82 valence electrons. The lowest BCUT2D eigenvalue weighted by atomic mass is 9.98. The van der Waals surface area contributed by atoms with Crippen LogP contribution in [0.2, 0.25) is 5.02 Å². The van der Waals surface area contributed by atoms with Crippen LogP contribution in [0.25, 0.3) is 0 Å². The highest BCUT2D eigenvalue weighted by molar-refractivity contribution is 6.32. The van der Waals surface area contributed by atoms with Crippen LogP contribution in [0.1, 0.15) is 37.8 Å². The second kappa shape index (κ2) is 4.67. The minimum absolute atomic E-state index is 0.0160. The van der Waals surface area contributed by atoms with Gasteiger partial charge in [0, 0.05) is 12.0 Å². The number of Topliss-reactive ketones (excluding diaryl/α,β-unsaturated/α-hetero) is 1. The van der Waals surface area contributed by atoms with E-state index in [1.54, 1.807) is 6.07 Å². The van der Waals surface area contributed by atoms with Crippen molar-refractivity contribution < 1.29 is 9.90 Å². The quantitative estimate of drug-likeness (QED) is 0.859. The first-order chi connectivity index (χ1) is 6.91. The van der Waals surface area contributed by atoms with E-state index in [9.17, 15) is 9.90 Å². The molecule has 0 heterocycles. The van der Waals surface area contributed by atoms with Crippen LogP contribution in [-0.4, -0.2) is 10.9 Å². The highest BCUT2D eigenvalue weighted by Gasteiger charge is 2.11. The molecule has 3 heteroatoms. The van der Waals surface area contributed by atoms with Crippen molar-refractivity contribution in [2.24, 2.45) is 0 Å². The fourth-order valence-electron chi connectivity index (χ4n) is 1.42. The predicted molar refractivity (Wildman–Crippen MR) is 61.6 cm³/mol. The average molecular weight is 227 g/mol. The molecule has 0 aliphatic carbocycles. The standard InChI is InChI=1S/C12H15ClO2/c1-7(2)9-5-10(4-8(3)14)12(15)11(13)6-9/h5-7,15H,4H2,1-3H3. The molecule has 1 aromatic carbocycles. The van der Waals surface area contributed by atoms with Gasteiger partial charge in [0.1, 0.15) is 11.5 Å². The Balaban J connectivity index is 3.18. The number of halogens is 1. The average Bonchev–Trinajstić information content (AvgIpc) is 2.11. The van der Waals surface area contributed by atoms with Crippen molar-refractivity contribution in [3.8, 4) is 5.75 Å². The highest BCUT2D eigenvalue weighted by Crippen LogP contribution is 2.32. The monoisotopic (exact) mass is 226 g/mol. The summed E-state index contributed by atoms with van der Waals surface area (Å²) in [5.74, 6) is 0.368. The molecule has 1 N–H and O–H groups in total. The molecule has 0 bridgehead atoms. The molecule has 2 nitrogen and oxygen atoms in total. The van der Waals surface area contributed by atoms with Crippen molar-refractivity contribution >= 4 is 17.4 Å². The number of ketones is 1. The lowest BCUT2D eigenvalue weighted by Gasteiger charge is -2.11. The number of rotatable bonds is 3. The summed E-state index contributed by atoms with van der Waals surface area (Å²) in [7, 11) is 0. The Hall–Kier alpha value is -1.02. The zero-order chi connectivity index (χ0) is 11.6. The zero-order valence-electron chi connectivity index (χ0n) is 9.17. The molecule has 1 aromatic rings. The molecule has 0 aromatic heterocycles. The summed E-state index contributed by atoms with van der Waals surface area (Å²) in [4.78, 5) is 11.0. The van der Waals surface area contributed by atoms with Crippen molar-refractivity contribution in [1.82, 2.24) is 0 Å². The van der Waals surface area contributed by atoms with Gasteiger partial charge in [-0.25, -0.2) is 0 Å². The SMILES string of the molecule is CC(=O)Cc1cc(C(C)C)cc(Cl)c1O. The summed E-state index contributed by atoms with van der Waals surface area (Å²) >= 11 is 5.89. The smallest absolute Gasteiger partial charge is 0.137 e. The Morgan fingerprint density at radius 2 is 2.07 bits per heavy atom.